The van der Waals surface area contributed by atoms with Crippen LogP contribution in [0, 0.1) is 23.2 Å². The highest BCUT2D eigenvalue weighted by Gasteiger charge is 2.27. The minimum atomic E-state index is -0.455. The molecule has 5 nitrogen and oxygen atoms in total. The second-order valence-electron chi connectivity index (χ2n) is 6.12. The first-order valence-electron chi connectivity index (χ1n) is 8.02. The molecule has 0 saturated carbocycles. The first-order valence-corrected chi connectivity index (χ1v) is 8.02. The smallest absolute Gasteiger partial charge is 0.221 e. The number of carbonyl (C=O) groups excluding carboxylic acids is 1. The van der Waals surface area contributed by atoms with Gasteiger partial charge in [-0.2, -0.15) is 5.26 Å². The number of nitrogens with one attached hydrogen (secondary N) is 1. The minimum absolute atomic E-state index is 0.0779. The van der Waals surface area contributed by atoms with E-state index in [1.165, 1.54) is 0 Å². The molecule has 1 aliphatic heterocycles. The molecule has 1 aliphatic rings. The normalized spacial score (nSPS) is 19.6. The fourth-order valence-electron chi connectivity index (χ4n) is 2.94. The Labute approximate surface area is 137 Å². The summed E-state index contributed by atoms with van der Waals surface area (Å²) in [6.07, 6.45) is 1.99. The van der Waals surface area contributed by atoms with E-state index in [1.807, 2.05) is 31.2 Å². The molecule has 0 aliphatic carbocycles. The number of benzene rings is 1. The maximum absolute atomic E-state index is 12.2. The fraction of sp³-hybridized carbons (Fsp3) is 0.556. The molecule has 124 valence electrons. The summed E-state index contributed by atoms with van der Waals surface area (Å²) < 4.78 is 10.6. The molecule has 0 bridgehead atoms. The monoisotopic (exact) mass is 316 g/mol. The quantitative estimate of drug-likeness (QED) is 0.838. The standard InChI is InChI=1S/C18H24N2O3/c1-13(9-14-5-3-4-6-17(14)22-2)10-18(21)20-16(11-19)15-7-8-23-12-15/h3-6,13,15-16H,7-10,12H2,1-2H3,(H,20,21)/t13-,15+,16-/m0/s1. The summed E-state index contributed by atoms with van der Waals surface area (Å²) in [5, 5.41) is 12.1. The third-order valence-corrected chi connectivity index (χ3v) is 4.19. The summed E-state index contributed by atoms with van der Waals surface area (Å²) in [6, 6.07) is 9.57. The lowest BCUT2D eigenvalue weighted by atomic mass is 9.96. The molecule has 3 atom stereocenters. The van der Waals surface area contributed by atoms with Crippen molar-refractivity contribution in [2.45, 2.75) is 32.2 Å². The van der Waals surface area contributed by atoms with Crippen LogP contribution in [0.4, 0.5) is 0 Å². The van der Waals surface area contributed by atoms with Gasteiger partial charge in [0.1, 0.15) is 11.8 Å². The van der Waals surface area contributed by atoms with Gasteiger partial charge in [-0.1, -0.05) is 25.1 Å². The van der Waals surface area contributed by atoms with Crippen molar-refractivity contribution in [1.29, 1.82) is 5.26 Å². The van der Waals surface area contributed by atoms with E-state index in [-0.39, 0.29) is 17.7 Å². The summed E-state index contributed by atoms with van der Waals surface area (Å²) in [5.74, 6) is 1.04. The lowest BCUT2D eigenvalue weighted by molar-refractivity contribution is -0.122. The Morgan fingerprint density at radius 1 is 1.52 bits per heavy atom. The molecule has 1 aromatic rings. The van der Waals surface area contributed by atoms with Crippen molar-refractivity contribution in [3.63, 3.8) is 0 Å². The Morgan fingerprint density at radius 3 is 2.96 bits per heavy atom. The first kappa shape index (κ1) is 17.3. The van der Waals surface area contributed by atoms with E-state index in [4.69, 9.17) is 9.47 Å². The van der Waals surface area contributed by atoms with Gasteiger partial charge in [0, 0.05) is 18.9 Å². The minimum Gasteiger partial charge on any atom is -0.496 e. The Hall–Kier alpha value is -2.06. The largest absolute Gasteiger partial charge is 0.496 e. The average molecular weight is 316 g/mol. The molecule has 1 N–H and O–H groups in total. The second-order valence-corrected chi connectivity index (χ2v) is 6.12. The number of nitrogens with zero attached hydrogens (tertiary/aromatic N) is 1. The molecule has 2 rings (SSSR count). The molecule has 1 saturated heterocycles. The third-order valence-electron chi connectivity index (χ3n) is 4.19. The number of para-hydroxylation sites is 1. The molecule has 0 aromatic heterocycles. The first-order chi connectivity index (χ1) is 11.1. The Balaban J connectivity index is 1.85. The summed E-state index contributed by atoms with van der Waals surface area (Å²) in [4.78, 5) is 12.2. The van der Waals surface area contributed by atoms with Gasteiger partial charge < -0.3 is 14.8 Å². The maximum Gasteiger partial charge on any atom is 0.221 e. The van der Waals surface area contributed by atoms with Crippen LogP contribution in [0.1, 0.15) is 25.3 Å². The van der Waals surface area contributed by atoms with E-state index < -0.39 is 6.04 Å². The zero-order valence-corrected chi connectivity index (χ0v) is 13.7. The molecule has 1 heterocycles. The van der Waals surface area contributed by atoms with Crippen molar-refractivity contribution in [3.05, 3.63) is 29.8 Å². The molecule has 0 radical (unpaired) electrons. The van der Waals surface area contributed by atoms with Crippen LogP contribution in [0.3, 0.4) is 0 Å². The van der Waals surface area contributed by atoms with Crippen LogP contribution in [0.25, 0.3) is 0 Å². The summed E-state index contributed by atoms with van der Waals surface area (Å²) in [5.41, 5.74) is 1.09. The van der Waals surface area contributed by atoms with E-state index in [9.17, 15) is 10.1 Å². The highest BCUT2D eigenvalue weighted by molar-refractivity contribution is 5.76. The number of hydrogen-bond acceptors (Lipinski definition) is 4. The van der Waals surface area contributed by atoms with Gasteiger partial charge in [0.05, 0.1) is 19.8 Å². The molecular formula is C18H24N2O3. The van der Waals surface area contributed by atoms with Crippen LogP contribution in [0.5, 0.6) is 5.75 Å². The van der Waals surface area contributed by atoms with E-state index in [1.54, 1.807) is 7.11 Å². The lowest BCUT2D eigenvalue weighted by Gasteiger charge is -2.19. The number of carbonyl (C=O) groups is 1. The van der Waals surface area contributed by atoms with Crippen molar-refractivity contribution in [1.82, 2.24) is 5.32 Å². The molecule has 1 aromatic carbocycles. The van der Waals surface area contributed by atoms with Crippen LogP contribution in [-0.2, 0) is 16.0 Å². The highest BCUT2D eigenvalue weighted by atomic mass is 16.5. The molecule has 1 fully saturated rings. The summed E-state index contributed by atoms with van der Waals surface area (Å²) >= 11 is 0. The van der Waals surface area contributed by atoms with Gasteiger partial charge >= 0.3 is 0 Å². The number of rotatable bonds is 7. The van der Waals surface area contributed by atoms with Gasteiger partial charge in [0.25, 0.3) is 0 Å². The molecule has 5 heteroatoms. The Morgan fingerprint density at radius 2 is 2.30 bits per heavy atom. The van der Waals surface area contributed by atoms with Crippen molar-refractivity contribution >= 4 is 5.91 Å². The van der Waals surface area contributed by atoms with Crippen LogP contribution in [0.2, 0.25) is 0 Å². The van der Waals surface area contributed by atoms with E-state index in [2.05, 4.69) is 11.4 Å². The van der Waals surface area contributed by atoms with Gasteiger partial charge in [0.15, 0.2) is 0 Å². The molecule has 23 heavy (non-hydrogen) atoms. The van der Waals surface area contributed by atoms with Crippen molar-refractivity contribution in [3.8, 4) is 11.8 Å². The van der Waals surface area contributed by atoms with Crippen LogP contribution in [-0.4, -0.2) is 32.3 Å². The van der Waals surface area contributed by atoms with E-state index in [0.717, 1.165) is 24.2 Å². The molecule has 0 unspecified atom stereocenters. The van der Waals surface area contributed by atoms with Gasteiger partial charge in [-0.05, 0) is 30.4 Å². The highest BCUT2D eigenvalue weighted by Crippen LogP contribution is 2.22. The molecule has 0 spiro atoms. The lowest BCUT2D eigenvalue weighted by Crippen LogP contribution is -2.40. The predicted molar refractivity (Wildman–Crippen MR) is 86.9 cm³/mol. The topological polar surface area (TPSA) is 71.3 Å². The zero-order valence-electron chi connectivity index (χ0n) is 13.7. The summed E-state index contributed by atoms with van der Waals surface area (Å²) in [6.45, 7) is 3.25. The Kier molecular flexibility index (Phi) is 6.42. The second kappa shape index (κ2) is 8.54. The number of methoxy groups -OCH3 is 1. The number of hydrogen-bond donors (Lipinski definition) is 1. The van der Waals surface area contributed by atoms with Gasteiger partial charge in [0.2, 0.25) is 5.91 Å². The fourth-order valence-corrected chi connectivity index (χ4v) is 2.94. The summed E-state index contributed by atoms with van der Waals surface area (Å²) in [7, 11) is 1.65. The van der Waals surface area contributed by atoms with E-state index in [0.29, 0.717) is 19.6 Å². The number of nitriles is 1. The van der Waals surface area contributed by atoms with Gasteiger partial charge in [-0.15, -0.1) is 0 Å². The molecular weight excluding hydrogens is 292 g/mol. The van der Waals surface area contributed by atoms with Crippen LogP contribution in [0.15, 0.2) is 24.3 Å². The average Bonchev–Trinajstić information content (AvgIpc) is 3.07. The zero-order chi connectivity index (χ0) is 16.7. The SMILES string of the molecule is COc1ccccc1C[C@H](C)CC(=O)N[C@@H](C#N)[C@@H]1CCOC1. The van der Waals surface area contributed by atoms with E-state index >= 15 is 0 Å². The number of ether oxygens (including phenoxy) is 2. The van der Waals surface area contributed by atoms with Crippen LogP contribution >= 0.6 is 0 Å². The number of amides is 1. The third kappa shape index (κ3) is 4.97. The molecule has 1 amide bonds. The Bertz CT molecular complexity index is 562. The van der Waals surface area contributed by atoms with Crippen LogP contribution < -0.4 is 10.1 Å². The maximum atomic E-state index is 12.2. The van der Waals surface area contributed by atoms with Crippen molar-refractivity contribution in [2.75, 3.05) is 20.3 Å². The van der Waals surface area contributed by atoms with Gasteiger partial charge in [-0.3, -0.25) is 4.79 Å². The van der Waals surface area contributed by atoms with Crippen molar-refractivity contribution in [2.24, 2.45) is 11.8 Å². The predicted octanol–water partition coefficient (Wildman–Crippen LogP) is 2.31. The van der Waals surface area contributed by atoms with Gasteiger partial charge in [-0.25, -0.2) is 0 Å². The van der Waals surface area contributed by atoms with Crippen molar-refractivity contribution < 1.29 is 14.3 Å².